The van der Waals surface area contributed by atoms with Gasteiger partial charge < -0.3 is 10.8 Å². The summed E-state index contributed by atoms with van der Waals surface area (Å²) in [6.45, 7) is 4.85. The molecule has 3 N–H and O–H groups in total. The maximum Gasteiger partial charge on any atom is 0.219 e. The lowest BCUT2D eigenvalue weighted by molar-refractivity contribution is -0.0648. The van der Waals surface area contributed by atoms with Gasteiger partial charge in [0.05, 0.1) is 5.60 Å². The average molecular weight is 338 g/mol. The lowest BCUT2D eigenvalue weighted by Crippen LogP contribution is -2.42. The number of aromatic nitrogens is 2. The number of nitrogens with zero attached hydrogens (tertiary/aromatic N) is 3. The second-order valence-electron chi connectivity index (χ2n) is 7.69. The summed E-state index contributed by atoms with van der Waals surface area (Å²) in [5.41, 5.74) is 8.25. The number of hydrogen-bond donors (Lipinski definition) is 2. The van der Waals surface area contributed by atoms with Crippen LogP contribution in [0.3, 0.4) is 0 Å². The van der Waals surface area contributed by atoms with Gasteiger partial charge in [0.2, 0.25) is 5.95 Å². The predicted octanol–water partition coefficient (Wildman–Crippen LogP) is 2.49. The van der Waals surface area contributed by atoms with Gasteiger partial charge in [0.15, 0.2) is 0 Å². The van der Waals surface area contributed by atoms with Crippen molar-refractivity contribution in [2.24, 2.45) is 11.8 Å². The summed E-state index contributed by atoms with van der Waals surface area (Å²) in [4.78, 5) is 10.6. The molecule has 4 rings (SSSR count). The van der Waals surface area contributed by atoms with E-state index >= 15 is 0 Å². The number of rotatable bonds is 3. The first kappa shape index (κ1) is 16.5. The molecule has 0 bridgehead atoms. The monoisotopic (exact) mass is 338 g/mol. The molecule has 0 radical (unpaired) electrons. The Bertz CT molecular complexity index is 730. The summed E-state index contributed by atoms with van der Waals surface area (Å²) in [6, 6.07) is 8.42. The van der Waals surface area contributed by atoms with E-state index in [2.05, 4.69) is 46.1 Å². The van der Waals surface area contributed by atoms with Crippen molar-refractivity contribution < 1.29 is 5.11 Å². The molecule has 1 aliphatic heterocycles. The van der Waals surface area contributed by atoms with E-state index in [4.69, 9.17) is 5.73 Å². The molecule has 2 fully saturated rings. The minimum Gasteiger partial charge on any atom is -0.385 e. The van der Waals surface area contributed by atoms with E-state index in [1.54, 1.807) is 12.4 Å². The third-order valence-electron chi connectivity index (χ3n) is 5.95. The molecule has 1 aromatic heterocycles. The minimum absolute atomic E-state index is 0.290. The average Bonchev–Trinajstić information content (AvgIpc) is 3.02. The van der Waals surface area contributed by atoms with Crippen molar-refractivity contribution in [2.45, 2.75) is 38.3 Å². The Hall–Kier alpha value is -1.98. The Kier molecular flexibility index (Phi) is 4.21. The molecule has 0 spiro atoms. The summed E-state index contributed by atoms with van der Waals surface area (Å²) in [5.74, 6) is 1.15. The number of nitrogen functional groups attached to an aromatic ring is 1. The number of fused-ring (bicyclic) bond motifs is 1. The first-order chi connectivity index (χ1) is 12.0. The molecule has 0 unspecified atom stereocenters. The molecule has 1 saturated heterocycles. The number of aryl methyl sites for hydroxylation is 1. The van der Waals surface area contributed by atoms with Crippen LogP contribution in [0.4, 0.5) is 5.95 Å². The fraction of sp³-hybridized carbons (Fsp3) is 0.500. The predicted molar refractivity (Wildman–Crippen MR) is 97.6 cm³/mol. The molecule has 2 aliphatic rings. The minimum atomic E-state index is -0.705. The Labute approximate surface area is 148 Å². The molecule has 1 aliphatic carbocycles. The zero-order chi connectivity index (χ0) is 17.4. The lowest BCUT2D eigenvalue weighted by atomic mass is 9.67. The standard InChI is InChI=1S/C20H26N4O/c1-14-4-6-17(7-5-14)20(25)8-2-3-16-12-24(13-18(16)20)11-15-9-22-19(21)23-10-15/h4-7,9-10,16,18,25H,2-3,8,11-13H2,1H3,(H2,21,22,23)/t16-,18+,20+/m0/s1. The van der Waals surface area contributed by atoms with Crippen LogP contribution < -0.4 is 5.73 Å². The number of anilines is 1. The lowest BCUT2D eigenvalue weighted by Gasteiger charge is -2.41. The van der Waals surface area contributed by atoms with Gasteiger partial charge in [0.25, 0.3) is 0 Å². The van der Waals surface area contributed by atoms with Gasteiger partial charge >= 0.3 is 0 Å². The van der Waals surface area contributed by atoms with E-state index in [0.29, 0.717) is 17.8 Å². The molecule has 25 heavy (non-hydrogen) atoms. The van der Waals surface area contributed by atoms with E-state index < -0.39 is 5.60 Å². The molecule has 2 aromatic rings. The highest BCUT2D eigenvalue weighted by Gasteiger charge is 2.49. The number of aliphatic hydroxyl groups is 1. The second-order valence-corrected chi connectivity index (χ2v) is 7.69. The smallest absolute Gasteiger partial charge is 0.219 e. The van der Waals surface area contributed by atoms with Crippen molar-refractivity contribution in [1.29, 1.82) is 0 Å². The van der Waals surface area contributed by atoms with Crippen molar-refractivity contribution in [2.75, 3.05) is 18.8 Å². The summed E-state index contributed by atoms with van der Waals surface area (Å²) >= 11 is 0. The molecule has 1 aromatic carbocycles. The van der Waals surface area contributed by atoms with Crippen molar-refractivity contribution in [1.82, 2.24) is 14.9 Å². The molecule has 2 heterocycles. The zero-order valence-corrected chi connectivity index (χ0v) is 14.7. The van der Waals surface area contributed by atoms with Crippen molar-refractivity contribution in [3.8, 4) is 0 Å². The van der Waals surface area contributed by atoms with Gasteiger partial charge in [-0.2, -0.15) is 0 Å². The summed E-state index contributed by atoms with van der Waals surface area (Å²) in [6.07, 6.45) is 6.75. The number of likely N-dealkylation sites (tertiary alicyclic amines) is 1. The molecular formula is C20H26N4O. The van der Waals surface area contributed by atoms with Gasteiger partial charge in [-0.15, -0.1) is 0 Å². The highest BCUT2D eigenvalue weighted by molar-refractivity contribution is 5.29. The molecule has 132 valence electrons. The second kappa shape index (κ2) is 6.39. The van der Waals surface area contributed by atoms with Crippen LogP contribution in [0.25, 0.3) is 0 Å². The van der Waals surface area contributed by atoms with E-state index in [0.717, 1.165) is 43.6 Å². The molecule has 1 saturated carbocycles. The highest BCUT2D eigenvalue weighted by atomic mass is 16.3. The molecule has 0 amide bonds. The SMILES string of the molecule is Cc1ccc([C@]2(O)CCC[C@H]3CN(Cc4cnc(N)nc4)C[C@H]32)cc1. The third-order valence-corrected chi connectivity index (χ3v) is 5.95. The summed E-state index contributed by atoms with van der Waals surface area (Å²) in [7, 11) is 0. The van der Waals surface area contributed by atoms with Gasteiger partial charge in [0, 0.05) is 43.5 Å². The van der Waals surface area contributed by atoms with E-state index in [-0.39, 0.29) is 0 Å². The number of hydrogen-bond acceptors (Lipinski definition) is 5. The highest BCUT2D eigenvalue weighted by Crippen LogP contribution is 2.48. The maximum atomic E-state index is 11.6. The Balaban J connectivity index is 1.53. The quantitative estimate of drug-likeness (QED) is 0.899. The first-order valence-electron chi connectivity index (χ1n) is 9.13. The largest absolute Gasteiger partial charge is 0.385 e. The van der Waals surface area contributed by atoms with Crippen LogP contribution in [0.5, 0.6) is 0 Å². The normalized spacial score (nSPS) is 29.5. The fourth-order valence-corrected chi connectivity index (χ4v) is 4.65. The third kappa shape index (κ3) is 3.14. The number of nitrogens with two attached hydrogens (primary N) is 1. The van der Waals surface area contributed by atoms with Crippen LogP contribution >= 0.6 is 0 Å². The Morgan fingerprint density at radius 3 is 2.64 bits per heavy atom. The van der Waals surface area contributed by atoms with Crippen LogP contribution in [0, 0.1) is 18.8 Å². The van der Waals surface area contributed by atoms with Gasteiger partial charge in [-0.25, -0.2) is 9.97 Å². The van der Waals surface area contributed by atoms with E-state index in [9.17, 15) is 5.11 Å². The topological polar surface area (TPSA) is 75.3 Å². The van der Waals surface area contributed by atoms with E-state index in [1.165, 1.54) is 12.0 Å². The summed E-state index contributed by atoms with van der Waals surface area (Å²) < 4.78 is 0. The molecular weight excluding hydrogens is 312 g/mol. The van der Waals surface area contributed by atoms with Gasteiger partial charge in [-0.3, -0.25) is 4.90 Å². The molecule has 5 nitrogen and oxygen atoms in total. The van der Waals surface area contributed by atoms with Crippen molar-refractivity contribution >= 4 is 5.95 Å². The maximum absolute atomic E-state index is 11.6. The van der Waals surface area contributed by atoms with Crippen molar-refractivity contribution in [3.05, 3.63) is 53.3 Å². The van der Waals surface area contributed by atoms with Crippen LogP contribution in [0.2, 0.25) is 0 Å². The van der Waals surface area contributed by atoms with Crippen LogP contribution in [0.1, 0.15) is 36.0 Å². The molecule has 3 atom stereocenters. The molecule has 5 heteroatoms. The van der Waals surface area contributed by atoms with Gasteiger partial charge in [-0.05, 0) is 37.7 Å². The first-order valence-corrected chi connectivity index (χ1v) is 9.13. The van der Waals surface area contributed by atoms with Crippen LogP contribution in [0.15, 0.2) is 36.7 Å². The van der Waals surface area contributed by atoms with E-state index in [1.807, 2.05) is 0 Å². The van der Waals surface area contributed by atoms with Gasteiger partial charge in [0.1, 0.15) is 0 Å². The van der Waals surface area contributed by atoms with Crippen LogP contribution in [-0.2, 0) is 12.1 Å². The Morgan fingerprint density at radius 2 is 1.92 bits per heavy atom. The van der Waals surface area contributed by atoms with Crippen molar-refractivity contribution in [3.63, 3.8) is 0 Å². The van der Waals surface area contributed by atoms with Crippen LogP contribution in [-0.4, -0.2) is 33.1 Å². The Morgan fingerprint density at radius 1 is 1.20 bits per heavy atom. The number of benzene rings is 1. The zero-order valence-electron chi connectivity index (χ0n) is 14.7. The summed E-state index contributed by atoms with van der Waals surface area (Å²) in [5, 5.41) is 11.6. The van der Waals surface area contributed by atoms with Gasteiger partial charge in [-0.1, -0.05) is 29.8 Å². The fourth-order valence-electron chi connectivity index (χ4n) is 4.65.